The summed E-state index contributed by atoms with van der Waals surface area (Å²) in [6.07, 6.45) is 1.67. The SMILES string of the molecule is Cn1nc(CC(=O)NCc2ccco2)c2ccccc2c1=O. The van der Waals surface area contributed by atoms with E-state index in [1.54, 1.807) is 43.6 Å². The van der Waals surface area contributed by atoms with Gasteiger partial charge in [-0.1, -0.05) is 18.2 Å². The van der Waals surface area contributed by atoms with Crippen LogP contribution in [0, 0.1) is 0 Å². The van der Waals surface area contributed by atoms with Gasteiger partial charge in [0.15, 0.2) is 0 Å². The molecule has 0 spiro atoms. The van der Waals surface area contributed by atoms with Gasteiger partial charge in [-0.05, 0) is 18.2 Å². The third-order valence-corrected chi connectivity index (χ3v) is 3.40. The lowest BCUT2D eigenvalue weighted by Crippen LogP contribution is -2.27. The lowest BCUT2D eigenvalue weighted by Gasteiger charge is -2.08. The molecule has 0 saturated heterocycles. The van der Waals surface area contributed by atoms with Crippen molar-refractivity contribution >= 4 is 16.7 Å². The molecule has 1 N–H and O–H groups in total. The Kier molecular flexibility index (Phi) is 3.74. The zero-order chi connectivity index (χ0) is 15.5. The predicted octanol–water partition coefficient (Wildman–Crippen LogP) is 1.39. The summed E-state index contributed by atoms with van der Waals surface area (Å²) in [6, 6.07) is 10.7. The standard InChI is InChI=1S/C16H15N3O3/c1-19-16(21)13-7-3-2-6-12(13)14(18-19)9-15(20)17-10-11-5-4-8-22-11/h2-8H,9-10H2,1H3,(H,17,20). The van der Waals surface area contributed by atoms with E-state index in [0.717, 1.165) is 0 Å². The summed E-state index contributed by atoms with van der Waals surface area (Å²) in [6.45, 7) is 0.329. The fourth-order valence-electron chi connectivity index (χ4n) is 2.32. The molecule has 1 amide bonds. The van der Waals surface area contributed by atoms with Crippen LogP contribution in [0.5, 0.6) is 0 Å². The van der Waals surface area contributed by atoms with Crippen molar-refractivity contribution in [3.63, 3.8) is 0 Å². The maximum atomic E-state index is 12.1. The highest BCUT2D eigenvalue weighted by molar-refractivity contribution is 5.88. The second-order valence-electron chi connectivity index (χ2n) is 4.95. The minimum absolute atomic E-state index is 0.106. The van der Waals surface area contributed by atoms with Crippen LogP contribution in [0.3, 0.4) is 0 Å². The van der Waals surface area contributed by atoms with E-state index < -0.39 is 0 Å². The molecule has 3 aromatic rings. The highest BCUT2D eigenvalue weighted by Crippen LogP contribution is 2.13. The summed E-state index contributed by atoms with van der Waals surface area (Å²) in [5.41, 5.74) is 0.407. The third-order valence-electron chi connectivity index (χ3n) is 3.40. The molecule has 0 aliphatic carbocycles. The number of aromatic nitrogens is 2. The van der Waals surface area contributed by atoms with E-state index in [-0.39, 0.29) is 17.9 Å². The topological polar surface area (TPSA) is 77.1 Å². The molecule has 1 aromatic carbocycles. The number of benzene rings is 1. The first-order chi connectivity index (χ1) is 10.6. The van der Waals surface area contributed by atoms with Crippen LogP contribution in [-0.4, -0.2) is 15.7 Å². The molecule has 2 aromatic heterocycles. The Morgan fingerprint density at radius 3 is 2.73 bits per heavy atom. The minimum atomic E-state index is -0.173. The molecule has 112 valence electrons. The average Bonchev–Trinajstić information content (AvgIpc) is 3.04. The molecule has 6 nitrogen and oxygen atoms in total. The molecule has 0 atom stereocenters. The number of aryl methyl sites for hydroxylation is 1. The lowest BCUT2D eigenvalue weighted by atomic mass is 10.1. The monoisotopic (exact) mass is 297 g/mol. The molecule has 0 bridgehead atoms. The first-order valence-electron chi connectivity index (χ1n) is 6.89. The Morgan fingerprint density at radius 1 is 1.23 bits per heavy atom. The van der Waals surface area contributed by atoms with Crippen molar-refractivity contribution in [3.05, 3.63) is 64.5 Å². The maximum absolute atomic E-state index is 12.1. The van der Waals surface area contributed by atoms with Crippen LogP contribution in [0.4, 0.5) is 0 Å². The van der Waals surface area contributed by atoms with E-state index in [0.29, 0.717) is 28.8 Å². The molecule has 3 rings (SSSR count). The highest BCUT2D eigenvalue weighted by Gasteiger charge is 2.12. The van der Waals surface area contributed by atoms with Crippen LogP contribution in [0.25, 0.3) is 10.8 Å². The summed E-state index contributed by atoms with van der Waals surface area (Å²) >= 11 is 0. The number of carbonyl (C=O) groups excluding carboxylic acids is 1. The van der Waals surface area contributed by atoms with Gasteiger partial charge in [-0.3, -0.25) is 9.59 Å². The van der Waals surface area contributed by atoms with Crippen molar-refractivity contribution in [2.75, 3.05) is 0 Å². The second kappa shape index (κ2) is 5.85. The van der Waals surface area contributed by atoms with Gasteiger partial charge in [-0.25, -0.2) is 4.68 Å². The van der Waals surface area contributed by atoms with Crippen molar-refractivity contribution in [2.45, 2.75) is 13.0 Å². The number of nitrogens with zero attached hydrogens (tertiary/aromatic N) is 2. The molecule has 0 unspecified atom stereocenters. The Bertz CT molecular complexity index is 866. The van der Waals surface area contributed by atoms with E-state index in [4.69, 9.17) is 4.42 Å². The van der Waals surface area contributed by atoms with Crippen LogP contribution in [-0.2, 0) is 24.8 Å². The molecule has 0 aliphatic heterocycles. The second-order valence-corrected chi connectivity index (χ2v) is 4.95. The number of rotatable bonds is 4. The highest BCUT2D eigenvalue weighted by atomic mass is 16.3. The van der Waals surface area contributed by atoms with E-state index in [2.05, 4.69) is 10.4 Å². The summed E-state index contributed by atoms with van der Waals surface area (Å²) in [5, 5.41) is 8.25. The number of amides is 1. The number of hydrogen-bond donors (Lipinski definition) is 1. The maximum Gasteiger partial charge on any atom is 0.274 e. The summed E-state index contributed by atoms with van der Waals surface area (Å²) < 4.78 is 6.42. The molecule has 22 heavy (non-hydrogen) atoms. The molecule has 0 radical (unpaired) electrons. The Hall–Kier alpha value is -2.89. The van der Waals surface area contributed by atoms with Crippen molar-refractivity contribution in [2.24, 2.45) is 7.05 Å². The number of hydrogen-bond acceptors (Lipinski definition) is 4. The molecule has 0 saturated carbocycles. The van der Waals surface area contributed by atoms with Gasteiger partial charge in [0.25, 0.3) is 5.56 Å². The Labute approximate surface area is 126 Å². The van der Waals surface area contributed by atoms with E-state index in [1.165, 1.54) is 4.68 Å². The fraction of sp³-hybridized carbons (Fsp3) is 0.188. The van der Waals surface area contributed by atoms with Gasteiger partial charge in [0.05, 0.1) is 30.3 Å². The van der Waals surface area contributed by atoms with Crippen LogP contribution >= 0.6 is 0 Å². The van der Waals surface area contributed by atoms with Crippen LogP contribution in [0.2, 0.25) is 0 Å². The van der Waals surface area contributed by atoms with Crippen LogP contribution < -0.4 is 10.9 Å². The van der Waals surface area contributed by atoms with Gasteiger partial charge < -0.3 is 9.73 Å². The van der Waals surface area contributed by atoms with Gasteiger partial charge in [0, 0.05) is 12.4 Å². The smallest absolute Gasteiger partial charge is 0.274 e. The Balaban J connectivity index is 1.83. The van der Waals surface area contributed by atoms with E-state index in [1.807, 2.05) is 6.07 Å². The van der Waals surface area contributed by atoms with Gasteiger partial charge in [0.1, 0.15) is 5.76 Å². The average molecular weight is 297 g/mol. The van der Waals surface area contributed by atoms with Gasteiger partial charge >= 0.3 is 0 Å². The normalized spacial score (nSPS) is 10.8. The number of furan rings is 1. The number of fused-ring (bicyclic) bond motifs is 1. The van der Waals surface area contributed by atoms with E-state index in [9.17, 15) is 9.59 Å². The van der Waals surface area contributed by atoms with Crippen molar-refractivity contribution in [1.82, 2.24) is 15.1 Å². The summed E-state index contributed by atoms with van der Waals surface area (Å²) in [5.74, 6) is 0.513. The molecule has 2 heterocycles. The summed E-state index contributed by atoms with van der Waals surface area (Å²) in [7, 11) is 1.58. The number of carbonyl (C=O) groups is 1. The van der Waals surface area contributed by atoms with Crippen LogP contribution in [0.1, 0.15) is 11.5 Å². The summed E-state index contributed by atoms with van der Waals surface area (Å²) in [4.78, 5) is 24.1. The molecular formula is C16H15N3O3. The predicted molar refractivity (Wildman–Crippen MR) is 81.2 cm³/mol. The van der Waals surface area contributed by atoms with E-state index >= 15 is 0 Å². The van der Waals surface area contributed by atoms with Gasteiger partial charge in [-0.15, -0.1) is 0 Å². The first-order valence-corrected chi connectivity index (χ1v) is 6.89. The van der Waals surface area contributed by atoms with Crippen molar-refractivity contribution < 1.29 is 9.21 Å². The largest absolute Gasteiger partial charge is 0.467 e. The molecule has 0 fully saturated rings. The minimum Gasteiger partial charge on any atom is -0.467 e. The quantitative estimate of drug-likeness (QED) is 0.789. The van der Waals surface area contributed by atoms with Crippen molar-refractivity contribution in [1.29, 1.82) is 0 Å². The lowest BCUT2D eigenvalue weighted by molar-refractivity contribution is -0.120. The van der Waals surface area contributed by atoms with Crippen LogP contribution in [0.15, 0.2) is 51.9 Å². The molecule has 0 aliphatic rings. The zero-order valence-electron chi connectivity index (χ0n) is 12.1. The number of nitrogens with one attached hydrogen (secondary N) is 1. The zero-order valence-corrected chi connectivity index (χ0v) is 12.1. The van der Waals surface area contributed by atoms with Gasteiger partial charge in [-0.2, -0.15) is 5.10 Å². The van der Waals surface area contributed by atoms with Crippen molar-refractivity contribution in [3.8, 4) is 0 Å². The third kappa shape index (κ3) is 2.76. The fourth-order valence-corrected chi connectivity index (χ4v) is 2.32. The molecular weight excluding hydrogens is 282 g/mol. The van der Waals surface area contributed by atoms with Gasteiger partial charge in [0.2, 0.25) is 5.91 Å². The molecule has 6 heteroatoms. The first kappa shape index (κ1) is 14.1. The Morgan fingerprint density at radius 2 is 2.00 bits per heavy atom.